The van der Waals surface area contributed by atoms with Gasteiger partial charge in [0, 0.05) is 18.3 Å². The van der Waals surface area contributed by atoms with E-state index < -0.39 is 0 Å². The smallest absolute Gasteiger partial charge is 0.223 e. The minimum Gasteiger partial charge on any atom is -0.490 e. The quantitative estimate of drug-likeness (QED) is 0.875. The highest BCUT2D eigenvalue weighted by atomic mass is 16.5. The molecule has 1 aromatic carbocycles. The molecule has 0 amide bonds. The Morgan fingerprint density at radius 2 is 2.00 bits per heavy atom. The van der Waals surface area contributed by atoms with E-state index in [1.165, 1.54) is 12.8 Å². The summed E-state index contributed by atoms with van der Waals surface area (Å²) < 4.78 is 5.78. The van der Waals surface area contributed by atoms with Gasteiger partial charge >= 0.3 is 0 Å². The molecule has 1 fully saturated rings. The fraction of sp³-hybridized carbons (Fsp3) is 0.412. The monoisotopic (exact) mass is 283 g/mol. The lowest BCUT2D eigenvalue weighted by Crippen LogP contribution is -2.05. The predicted octanol–water partition coefficient (Wildman–Crippen LogP) is 3.82. The highest BCUT2D eigenvalue weighted by Gasteiger charge is 2.23. The van der Waals surface area contributed by atoms with Crippen LogP contribution in [0.25, 0.3) is 11.3 Å². The normalized spacial score (nSPS) is 14.0. The molecule has 0 saturated heterocycles. The molecule has 1 aromatic heterocycles. The number of nitrogens with zero attached hydrogens (tertiary/aromatic N) is 2. The third-order valence-corrected chi connectivity index (χ3v) is 3.46. The Kier molecular flexibility index (Phi) is 4.04. The zero-order valence-corrected chi connectivity index (χ0v) is 12.6. The van der Waals surface area contributed by atoms with Gasteiger partial charge in [0.1, 0.15) is 5.75 Å². The number of hydrogen-bond acceptors (Lipinski definition) is 4. The number of nitrogens with one attached hydrogen (secondary N) is 1. The van der Waals surface area contributed by atoms with Crippen LogP contribution in [0.3, 0.4) is 0 Å². The lowest BCUT2D eigenvalue weighted by Gasteiger charge is -2.09. The molecule has 0 spiro atoms. The second-order valence-corrected chi connectivity index (χ2v) is 5.49. The minimum absolute atomic E-state index is 0.432. The van der Waals surface area contributed by atoms with E-state index in [0.717, 1.165) is 35.5 Å². The molecule has 1 N–H and O–H groups in total. The van der Waals surface area contributed by atoms with E-state index in [9.17, 15) is 0 Å². The fourth-order valence-electron chi connectivity index (χ4n) is 2.13. The average Bonchev–Trinajstić information content (AvgIpc) is 3.31. The first kappa shape index (κ1) is 13.9. The van der Waals surface area contributed by atoms with Gasteiger partial charge in [0.25, 0.3) is 0 Å². The Morgan fingerprint density at radius 3 is 2.67 bits per heavy atom. The Hall–Kier alpha value is -2.10. The van der Waals surface area contributed by atoms with Crippen LogP contribution in [0.1, 0.15) is 31.7 Å². The topological polar surface area (TPSA) is 47.0 Å². The molecule has 110 valence electrons. The molecule has 0 atom stereocenters. The van der Waals surface area contributed by atoms with E-state index >= 15 is 0 Å². The molecule has 0 unspecified atom stereocenters. The molecule has 1 saturated carbocycles. The van der Waals surface area contributed by atoms with Crippen molar-refractivity contribution in [2.45, 2.75) is 39.2 Å². The van der Waals surface area contributed by atoms with Gasteiger partial charge in [0.05, 0.1) is 11.8 Å². The van der Waals surface area contributed by atoms with E-state index in [0.29, 0.717) is 12.1 Å². The Balaban J connectivity index is 1.80. The van der Waals surface area contributed by atoms with Gasteiger partial charge in [-0.1, -0.05) is 6.92 Å². The second kappa shape index (κ2) is 6.12. The third kappa shape index (κ3) is 3.51. The molecule has 4 nitrogen and oxygen atoms in total. The highest BCUT2D eigenvalue weighted by molar-refractivity contribution is 5.64. The van der Waals surface area contributed by atoms with Crippen LogP contribution in [0.4, 0.5) is 5.95 Å². The van der Waals surface area contributed by atoms with Crippen LogP contribution in [0, 0.1) is 6.92 Å². The van der Waals surface area contributed by atoms with Gasteiger partial charge in [0.15, 0.2) is 0 Å². The van der Waals surface area contributed by atoms with Gasteiger partial charge in [0.2, 0.25) is 5.95 Å². The second-order valence-electron chi connectivity index (χ2n) is 5.49. The van der Waals surface area contributed by atoms with Crippen LogP contribution >= 0.6 is 0 Å². The molecule has 2 aromatic rings. The lowest BCUT2D eigenvalue weighted by molar-refractivity contribution is 0.303. The number of rotatable bonds is 6. The number of aryl methyl sites for hydroxylation is 1. The van der Waals surface area contributed by atoms with Crippen molar-refractivity contribution in [2.75, 3.05) is 11.9 Å². The summed E-state index contributed by atoms with van der Waals surface area (Å²) >= 11 is 0. The number of ether oxygens (including phenoxy) is 1. The SMILES string of the molecule is CCCNc1ncc(C)c(-c2ccc(OC3CC3)cc2)n1. The summed E-state index contributed by atoms with van der Waals surface area (Å²) in [4.78, 5) is 8.94. The van der Waals surface area contributed by atoms with Crippen molar-refractivity contribution >= 4 is 5.95 Å². The summed E-state index contributed by atoms with van der Waals surface area (Å²) in [6.45, 7) is 5.05. The summed E-state index contributed by atoms with van der Waals surface area (Å²) in [6, 6.07) is 8.18. The minimum atomic E-state index is 0.432. The largest absolute Gasteiger partial charge is 0.490 e. The van der Waals surface area contributed by atoms with Crippen molar-refractivity contribution in [1.29, 1.82) is 0 Å². The number of hydrogen-bond donors (Lipinski definition) is 1. The van der Waals surface area contributed by atoms with Crippen molar-refractivity contribution in [1.82, 2.24) is 9.97 Å². The zero-order valence-electron chi connectivity index (χ0n) is 12.6. The number of benzene rings is 1. The van der Waals surface area contributed by atoms with Crippen molar-refractivity contribution < 1.29 is 4.74 Å². The van der Waals surface area contributed by atoms with E-state index in [2.05, 4.69) is 34.3 Å². The van der Waals surface area contributed by atoms with E-state index in [1.54, 1.807) is 0 Å². The summed E-state index contributed by atoms with van der Waals surface area (Å²) in [5.41, 5.74) is 3.15. The lowest BCUT2D eigenvalue weighted by atomic mass is 10.1. The number of anilines is 1. The summed E-state index contributed by atoms with van der Waals surface area (Å²) in [7, 11) is 0. The van der Waals surface area contributed by atoms with E-state index in [-0.39, 0.29) is 0 Å². The van der Waals surface area contributed by atoms with Gasteiger partial charge in [-0.05, 0) is 56.0 Å². The van der Waals surface area contributed by atoms with Crippen molar-refractivity contribution in [3.8, 4) is 17.0 Å². The van der Waals surface area contributed by atoms with E-state index in [1.807, 2.05) is 25.3 Å². The number of aromatic nitrogens is 2. The molecular formula is C17H21N3O. The maximum Gasteiger partial charge on any atom is 0.223 e. The average molecular weight is 283 g/mol. The van der Waals surface area contributed by atoms with Crippen LogP contribution in [0.15, 0.2) is 30.5 Å². The predicted molar refractivity (Wildman–Crippen MR) is 84.6 cm³/mol. The van der Waals surface area contributed by atoms with Crippen LogP contribution < -0.4 is 10.1 Å². The Labute approximate surface area is 125 Å². The summed E-state index contributed by atoms with van der Waals surface area (Å²) in [5.74, 6) is 1.63. The zero-order chi connectivity index (χ0) is 14.7. The first-order valence-electron chi connectivity index (χ1n) is 7.61. The van der Waals surface area contributed by atoms with Gasteiger partial charge in [-0.2, -0.15) is 0 Å². The van der Waals surface area contributed by atoms with Crippen LogP contribution in [-0.2, 0) is 0 Å². The first-order chi connectivity index (χ1) is 10.3. The summed E-state index contributed by atoms with van der Waals surface area (Å²) in [5, 5.41) is 3.23. The Morgan fingerprint density at radius 1 is 1.24 bits per heavy atom. The van der Waals surface area contributed by atoms with Crippen molar-refractivity contribution in [3.05, 3.63) is 36.0 Å². The van der Waals surface area contributed by atoms with Crippen LogP contribution in [-0.4, -0.2) is 22.6 Å². The maximum absolute atomic E-state index is 5.78. The molecule has 3 rings (SSSR count). The molecule has 1 aliphatic rings. The molecule has 0 radical (unpaired) electrons. The fourth-order valence-corrected chi connectivity index (χ4v) is 2.13. The molecule has 0 bridgehead atoms. The molecule has 4 heteroatoms. The molecule has 21 heavy (non-hydrogen) atoms. The first-order valence-corrected chi connectivity index (χ1v) is 7.61. The highest BCUT2D eigenvalue weighted by Crippen LogP contribution is 2.29. The molecule has 1 aliphatic carbocycles. The van der Waals surface area contributed by atoms with Crippen molar-refractivity contribution in [3.63, 3.8) is 0 Å². The standard InChI is InChI=1S/C17H21N3O/c1-3-10-18-17-19-11-12(2)16(20-17)13-4-6-14(7-5-13)21-15-8-9-15/h4-7,11,15H,3,8-10H2,1-2H3,(H,18,19,20). The van der Waals surface area contributed by atoms with Gasteiger partial charge in [-0.3, -0.25) is 0 Å². The van der Waals surface area contributed by atoms with Gasteiger partial charge in [-0.15, -0.1) is 0 Å². The summed E-state index contributed by atoms with van der Waals surface area (Å²) in [6.07, 6.45) is 5.72. The maximum atomic E-state index is 5.78. The molecule has 1 heterocycles. The molecular weight excluding hydrogens is 262 g/mol. The Bertz CT molecular complexity index is 606. The van der Waals surface area contributed by atoms with Crippen molar-refractivity contribution in [2.24, 2.45) is 0 Å². The third-order valence-electron chi connectivity index (χ3n) is 3.46. The van der Waals surface area contributed by atoms with E-state index in [4.69, 9.17) is 4.74 Å². The van der Waals surface area contributed by atoms with Crippen LogP contribution in [0.5, 0.6) is 5.75 Å². The molecule has 0 aliphatic heterocycles. The van der Waals surface area contributed by atoms with Crippen LogP contribution in [0.2, 0.25) is 0 Å². The van der Waals surface area contributed by atoms with Gasteiger partial charge < -0.3 is 10.1 Å². The van der Waals surface area contributed by atoms with Gasteiger partial charge in [-0.25, -0.2) is 9.97 Å².